The standard InChI is InChI=1S/C14H17ClN2O4/c15-13-7-12(17(20)21)3-2-11(13)9-16-6-5-10(8-16)1-4-14(18)19/h2-3,7,10H,1,4-6,8-9H2,(H,18,19). The molecule has 1 heterocycles. The topological polar surface area (TPSA) is 83.7 Å². The van der Waals surface area contributed by atoms with Crippen molar-refractivity contribution in [2.24, 2.45) is 5.92 Å². The molecule has 0 bridgehead atoms. The molecule has 0 radical (unpaired) electrons. The van der Waals surface area contributed by atoms with E-state index < -0.39 is 10.9 Å². The van der Waals surface area contributed by atoms with Crippen LogP contribution in [-0.2, 0) is 11.3 Å². The smallest absolute Gasteiger partial charge is 0.303 e. The van der Waals surface area contributed by atoms with E-state index in [1.54, 1.807) is 6.07 Å². The van der Waals surface area contributed by atoms with E-state index in [4.69, 9.17) is 16.7 Å². The molecule has 0 spiro atoms. The summed E-state index contributed by atoms with van der Waals surface area (Å²) in [7, 11) is 0. The highest BCUT2D eigenvalue weighted by Gasteiger charge is 2.23. The van der Waals surface area contributed by atoms with Gasteiger partial charge in [0.2, 0.25) is 0 Å². The van der Waals surface area contributed by atoms with Gasteiger partial charge in [-0.1, -0.05) is 11.6 Å². The molecule has 1 aliphatic heterocycles. The third kappa shape index (κ3) is 4.41. The van der Waals surface area contributed by atoms with Gasteiger partial charge in [-0.05, 0) is 36.9 Å². The van der Waals surface area contributed by atoms with Crippen molar-refractivity contribution in [3.63, 3.8) is 0 Å². The molecule has 21 heavy (non-hydrogen) atoms. The van der Waals surface area contributed by atoms with Crippen LogP contribution in [0.2, 0.25) is 5.02 Å². The lowest BCUT2D eigenvalue weighted by Gasteiger charge is -2.16. The highest BCUT2D eigenvalue weighted by molar-refractivity contribution is 6.31. The highest BCUT2D eigenvalue weighted by atomic mass is 35.5. The van der Waals surface area contributed by atoms with Gasteiger partial charge < -0.3 is 5.11 Å². The van der Waals surface area contributed by atoms with Crippen molar-refractivity contribution in [1.82, 2.24) is 4.90 Å². The number of aliphatic carboxylic acids is 1. The van der Waals surface area contributed by atoms with E-state index >= 15 is 0 Å². The van der Waals surface area contributed by atoms with E-state index in [9.17, 15) is 14.9 Å². The van der Waals surface area contributed by atoms with Crippen LogP contribution in [0.1, 0.15) is 24.8 Å². The Balaban J connectivity index is 1.91. The summed E-state index contributed by atoms with van der Waals surface area (Å²) in [6.45, 7) is 2.39. The Morgan fingerprint density at radius 1 is 1.52 bits per heavy atom. The summed E-state index contributed by atoms with van der Waals surface area (Å²) in [5.41, 5.74) is 0.852. The average molecular weight is 313 g/mol. The molecule has 0 amide bonds. The molecule has 1 fully saturated rings. The maximum absolute atomic E-state index is 10.7. The molecule has 2 rings (SSSR count). The SMILES string of the molecule is O=C(O)CCC1CCN(Cc2ccc([N+](=O)[O-])cc2Cl)C1. The zero-order chi connectivity index (χ0) is 15.4. The first-order chi connectivity index (χ1) is 9.95. The number of hydrogen-bond acceptors (Lipinski definition) is 4. The van der Waals surface area contributed by atoms with Crippen molar-refractivity contribution in [1.29, 1.82) is 0 Å². The number of carboxylic acids is 1. The van der Waals surface area contributed by atoms with Crippen molar-refractivity contribution >= 4 is 23.3 Å². The fourth-order valence-corrected chi connectivity index (χ4v) is 2.87. The lowest BCUT2D eigenvalue weighted by molar-refractivity contribution is -0.384. The van der Waals surface area contributed by atoms with Crippen LogP contribution in [0.4, 0.5) is 5.69 Å². The van der Waals surface area contributed by atoms with Gasteiger partial charge in [0.15, 0.2) is 0 Å². The molecular formula is C14H17ClN2O4. The van der Waals surface area contributed by atoms with Crippen molar-refractivity contribution in [2.75, 3.05) is 13.1 Å². The molecule has 1 aromatic rings. The van der Waals surface area contributed by atoms with Crippen LogP contribution < -0.4 is 0 Å². The Labute approximate surface area is 127 Å². The van der Waals surface area contributed by atoms with Gasteiger partial charge in [-0.3, -0.25) is 19.8 Å². The van der Waals surface area contributed by atoms with Crippen LogP contribution in [0, 0.1) is 16.0 Å². The van der Waals surface area contributed by atoms with Gasteiger partial charge in [0.1, 0.15) is 0 Å². The molecule has 1 saturated heterocycles. The number of benzene rings is 1. The molecule has 1 aliphatic rings. The lowest BCUT2D eigenvalue weighted by Crippen LogP contribution is -2.20. The summed E-state index contributed by atoms with van der Waals surface area (Å²) < 4.78 is 0. The maximum Gasteiger partial charge on any atom is 0.303 e. The largest absolute Gasteiger partial charge is 0.481 e. The Hall–Kier alpha value is -1.66. The first-order valence-electron chi connectivity index (χ1n) is 6.82. The van der Waals surface area contributed by atoms with Gasteiger partial charge in [0, 0.05) is 31.6 Å². The second-order valence-corrected chi connectivity index (χ2v) is 5.76. The quantitative estimate of drug-likeness (QED) is 0.645. The number of nitro groups is 1. The third-order valence-corrected chi connectivity index (χ3v) is 4.13. The fraction of sp³-hybridized carbons (Fsp3) is 0.500. The molecular weight excluding hydrogens is 296 g/mol. The third-order valence-electron chi connectivity index (χ3n) is 3.78. The van der Waals surface area contributed by atoms with Crippen LogP contribution >= 0.6 is 11.6 Å². The van der Waals surface area contributed by atoms with Crippen molar-refractivity contribution in [2.45, 2.75) is 25.8 Å². The van der Waals surface area contributed by atoms with Crippen LogP contribution in [0.25, 0.3) is 0 Å². The minimum absolute atomic E-state index is 0.00972. The van der Waals surface area contributed by atoms with Crippen LogP contribution in [0.15, 0.2) is 18.2 Å². The number of halogens is 1. The van der Waals surface area contributed by atoms with Gasteiger partial charge in [0.25, 0.3) is 5.69 Å². The van der Waals surface area contributed by atoms with Gasteiger partial charge in [-0.2, -0.15) is 0 Å². The van der Waals surface area contributed by atoms with E-state index in [1.807, 2.05) is 0 Å². The number of likely N-dealkylation sites (tertiary alicyclic amines) is 1. The normalized spacial score (nSPS) is 18.8. The molecule has 1 N–H and O–H groups in total. The number of non-ortho nitro benzene ring substituents is 1. The van der Waals surface area contributed by atoms with E-state index in [-0.39, 0.29) is 12.1 Å². The van der Waals surface area contributed by atoms with Gasteiger partial charge >= 0.3 is 5.97 Å². The number of carbonyl (C=O) groups is 1. The van der Waals surface area contributed by atoms with Crippen molar-refractivity contribution in [3.05, 3.63) is 38.9 Å². The predicted octanol–water partition coefficient (Wildman–Crippen LogP) is 2.93. The Kier molecular flexibility index (Phi) is 5.14. The Bertz CT molecular complexity index is 550. The average Bonchev–Trinajstić information content (AvgIpc) is 2.86. The number of rotatable bonds is 6. The molecule has 0 saturated carbocycles. The number of carboxylic acid groups (broad SMARTS) is 1. The van der Waals surface area contributed by atoms with Crippen LogP contribution in [0.5, 0.6) is 0 Å². The first kappa shape index (κ1) is 15.7. The number of hydrogen-bond donors (Lipinski definition) is 1. The highest BCUT2D eigenvalue weighted by Crippen LogP contribution is 2.27. The zero-order valence-corrected chi connectivity index (χ0v) is 12.3. The summed E-state index contributed by atoms with van der Waals surface area (Å²) in [6, 6.07) is 4.51. The monoisotopic (exact) mass is 312 g/mol. The summed E-state index contributed by atoms with van der Waals surface area (Å²) >= 11 is 6.08. The minimum Gasteiger partial charge on any atom is -0.481 e. The lowest BCUT2D eigenvalue weighted by atomic mass is 10.0. The molecule has 7 heteroatoms. The van der Waals surface area contributed by atoms with Gasteiger partial charge in [-0.15, -0.1) is 0 Å². The van der Waals surface area contributed by atoms with Crippen LogP contribution in [0.3, 0.4) is 0 Å². The summed E-state index contributed by atoms with van der Waals surface area (Å²) in [5.74, 6) is -0.357. The Morgan fingerprint density at radius 2 is 2.29 bits per heavy atom. The predicted molar refractivity (Wildman–Crippen MR) is 78.4 cm³/mol. The zero-order valence-electron chi connectivity index (χ0n) is 11.5. The minimum atomic E-state index is -0.758. The van der Waals surface area contributed by atoms with Crippen molar-refractivity contribution in [3.8, 4) is 0 Å². The Morgan fingerprint density at radius 3 is 2.90 bits per heavy atom. The fourth-order valence-electron chi connectivity index (χ4n) is 2.64. The van der Waals surface area contributed by atoms with E-state index in [2.05, 4.69) is 4.90 Å². The number of nitro benzene ring substituents is 1. The molecule has 1 unspecified atom stereocenters. The van der Waals surface area contributed by atoms with Gasteiger partial charge in [-0.25, -0.2) is 0 Å². The molecule has 1 aromatic carbocycles. The first-order valence-corrected chi connectivity index (χ1v) is 7.20. The van der Waals surface area contributed by atoms with E-state index in [0.717, 1.165) is 25.1 Å². The second-order valence-electron chi connectivity index (χ2n) is 5.36. The summed E-state index contributed by atoms with van der Waals surface area (Å²) in [6.07, 6.45) is 1.88. The molecule has 6 nitrogen and oxygen atoms in total. The second kappa shape index (κ2) is 6.87. The molecule has 0 aromatic heterocycles. The number of nitrogens with zero attached hydrogens (tertiary/aromatic N) is 2. The van der Waals surface area contributed by atoms with E-state index in [1.165, 1.54) is 12.1 Å². The molecule has 1 atom stereocenters. The van der Waals surface area contributed by atoms with Crippen molar-refractivity contribution < 1.29 is 14.8 Å². The molecule has 0 aliphatic carbocycles. The summed E-state index contributed by atoms with van der Waals surface area (Å²) in [4.78, 5) is 23.0. The summed E-state index contributed by atoms with van der Waals surface area (Å²) in [5, 5.41) is 19.8. The maximum atomic E-state index is 10.7. The van der Waals surface area contributed by atoms with Crippen LogP contribution in [-0.4, -0.2) is 34.0 Å². The molecule has 114 valence electrons. The van der Waals surface area contributed by atoms with E-state index in [0.29, 0.717) is 23.9 Å². The van der Waals surface area contributed by atoms with Gasteiger partial charge in [0.05, 0.1) is 9.95 Å².